The summed E-state index contributed by atoms with van der Waals surface area (Å²) in [4.78, 5) is 0.821. The van der Waals surface area contributed by atoms with E-state index in [0.29, 0.717) is 9.79 Å². The Morgan fingerprint density at radius 3 is 0.962 bits per heavy atom. The molecule has 0 saturated carbocycles. The van der Waals surface area contributed by atoms with Crippen molar-refractivity contribution in [1.29, 1.82) is 0 Å². The second-order valence-corrected chi connectivity index (χ2v) is 11.8. The van der Waals surface area contributed by atoms with Crippen molar-refractivity contribution in [3.8, 4) is 0 Å². The van der Waals surface area contributed by atoms with Gasteiger partial charge in [0.15, 0.2) is 19.7 Å². The van der Waals surface area contributed by atoms with Crippen LogP contribution in [0.15, 0.2) is 58.3 Å². The van der Waals surface area contributed by atoms with E-state index < -0.39 is 19.7 Å². The third-order valence-corrected chi connectivity index (χ3v) is 8.28. The molecule has 2 aromatic carbocycles. The van der Waals surface area contributed by atoms with Gasteiger partial charge in [-0.3, -0.25) is 0 Å². The Bertz CT molecular complexity index is 827. The summed E-state index contributed by atoms with van der Waals surface area (Å²) in [5.41, 5.74) is 2.14. The Kier molecular flexibility index (Phi) is 7.59. The maximum atomic E-state index is 11.6. The molecule has 0 atom stereocenters. The zero-order valence-corrected chi connectivity index (χ0v) is 17.9. The fourth-order valence-corrected chi connectivity index (χ4v) is 4.12. The van der Waals surface area contributed by atoms with Crippen LogP contribution in [0.25, 0.3) is 0 Å². The van der Waals surface area contributed by atoms with Crippen LogP contribution in [0.1, 0.15) is 38.8 Å². The third kappa shape index (κ3) is 5.68. The third-order valence-electron chi connectivity index (χ3n) is 3.94. The van der Waals surface area contributed by atoms with Gasteiger partial charge in [0, 0.05) is 0 Å². The van der Waals surface area contributed by atoms with Crippen LogP contribution in [-0.4, -0.2) is 27.3 Å². The summed E-state index contributed by atoms with van der Waals surface area (Å²) in [6.45, 7) is 10.6. The van der Waals surface area contributed by atoms with Gasteiger partial charge in [0.1, 0.15) is 0 Å². The van der Waals surface area contributed by atoms with Gasteiger partial charge in [-0.15, -0.1) is 0 Å². The van der Waals surface area contributed by atoms with Gasteiger partial charge in [-0.1, -0.05) is 35.4 Å². The molecule has 0 N–H and O–H groups in total. The number of aryl methyl sites for hydroxylation is 2. The summed E-state index contributed by atoms with van der Waals surface area (Å²) >= 11 is 0. The van der Waals surface area contributed by atoms with Crippen molar-refractivity contribution in [2.45, 2.75) is 61.8 Å². The summed E-state index contributed by atoms with van der Waals surface area (Å²) in [5.74, 6) is 0. The highest BCUT2D eigenvalue weighted by Crippen LogP contribution is 2.16. The Hall–Kier alpha value is -1.66. The zero-order valence-electron chi connectivity index (χ0n) is 16.2. The molecule has 0 saturated heterocycles. The number of sulfone groups is 2. The molecule has 0 unspecified atom stereocenters. The average Bonchev–Trinajstić information content (AvgIpc) is 2.56. The smallest absolute Gasteiger partial charge is 0.180 e. The van der Waals surface area contributed by atoms with Gasteiger partial charge in [-0.25, -0.2) is 16.8 Å². The summed E-state index contributed by atoms with van der Waals surface area (Å²) in [5, 5.41) is -0.703. The molecule has 0 heterocycles. The number of rotatable bonds is 4. The van der Waals surface area contributed by atoms with Crippen LogP contribution in [0.4, 0.5) is 0 Å². The molecular weight excluding hydrogens is 368 g/mol. The largest absolute Gasteiger partial charge is 0.223 e. The first kappa shape index (κ1) is 22.4. The fourth-order valence-electron chi connectivity index (χ4n) is 2.00. The van der Waals surface area contributed by atoms with Crippen molar-refractivity contribution in [2.75, 3.05) is 0 Å². The van der Waals surface area contributed by atoms with E-state index in [1.807, 2.05) is 38.1 Å². The molecule has 6 heteroatoms. The lowest BCUT2D eigenvalue weighted by Crippen LogP contribution is -2.13. The molecule has 0 aromatic heterocycles. The molecular formula is C20H28O4S2. The predicted octanol–water partition coefficient (Wildman–Crippen LogP) is 4.35. The van der Waals surface area contributed by atoms with E-state index >= 15 is 0 Å². The van der Waals surface area contributed by atoms with Crippen molar-refractivity contribution in [2.24, 2.45) is 0 Å². The van der Waals surface area contributed by atoms with Crippen molar-refractivity contribution in [3.63, 3.8) is 0 Å². The predicted molar refractivity (Wildman–Crippen MR) is 107 cm³/mol. The minimum absolute atomic E-state index is 0.352. The molecule has 0 aliphatic heterocycles. The van der Waals surface area contributed by atoms with Crippen LogP contribution in [0.5, 0.6) is 0 Å². The van der Waals surface area contributed by atoms with Crippen LogP contribution >= 0.6 is 0 Å². The lowest BCUT2D eigenvalue weighted by molar-refractivity contribution is 0.586. The maximum Gasteiger partial charge on any atom is 0.180 e. The van der Waals surface area contributed by atoms with Gasteiger partial charge in [-0.05, 0) is 65.8 Å². The molecule has 26 heavy (non-hydrogen) atoms. The average molecular weight is 397 g/mol. The van der Waals surface area contributed by atoms with Crippen LogP contribution in [0.3, 0.4) is 0 Å². The molecule has 2 aromatic rings. The molecule has 0 spiro atoms. The zero-order chi connectivity index (χ0) is 20.1. The van der Waals surface area contributed by atoms with Crippen molar-refractivity contribution in [3.05, 3.63) is 59.7 Å². The second-order valence-electron chi connectivity index (χ2n) is 6.81. The van der Waals surface area contributed by atoms with Crippen molar-refractivity contribution >= 4 is 19.7 Å². The first-order chi connectivity index (χ1) is 11.9. The van der Waals surface area contributed by atoms with Crippen LogP contribution < -0.4 is 0 Å². The molecule has 0 radical (unpaired) electrons. The fraction of sp³-hybridized carbons (Fsp3) is 0.400. The van der Waals surface area contributed by atoms with E-state index in [9.17, 15) is 16.8 Å². The second kappa shape index (κ2) is 8.82. The molecule has 2 rings (SSSR count). The molecule has 4 nitrogen and oxygen atoms in total. The minimum Gasteiger partial charge on any atom is -0.223 e. The number of benzene rings is 2. The molecule has 0 aliphatic carbocycles. The number of hydrogen-bond donors (Lipinski definition) is 0. The summed E-state index contributed by atoms with van der Waals surface area (Å²) < 4.78 is 46.6. The Morgan fingerprint density at radius 1 is 0.538 bits per heavy atom. The maximum absolute atomic E-state index is 11.6. The lowest BCUT2D eigenvalue weighted by atomic mass is 10.2. The van der Waals surface area contributed by atoms with Gasteiger partial charge in [-0.2, -0.15) is 0 Å². The van der Waals surface area contributed by atoms with Crippen molar-refractivity contribution < 1.29 is 16.8 Å². The Labute approximate surface area is 158 Å². The van der Waals surface area contributed by atoms with Gasteiger partial charge >= 0.3 is 0 Å². The van der Waals surface area contributed by atoms with Crippen LogP contribution in [-0.2, 0) is 19.7 Å². The minimum atomic E-state index is -3.09. The summed E-state index contributed by atoms with van der Waals surface area (Å²) in [6, 6.07) is 13.9. The molecule has 144 valence electrons. The topological polar surface area (TPSA) is 68.3 Å². The van der Waals surface area contributed by atoms with Gasteiger partial charge < -0.3 is 0 Å². The first-order valence-corrected chi connectivity index (χ1v) is 11.6. The van der Waals surface area contributed by atoms with Gasteiger partial charge in [0.05, 0.1) is 20.3 Å². The quantitative estimate of drug-likeness (QED) is 0.770. The van der Waals surface area contributed by atoms with Crippen LogP contribution in [0, 0.1) is 13.8 Å². The standard InChI is InChI=1S/2C10H14O2S/c2*1-8(2)13(11,12)10-6-4-9(3)5-7-10/h2*4-8H,1-3H3. The summed E-state index contributed by atoms with van der Waals surface area (Å²) in [7, 11) is -6.19. The number of hydrogen-bond acceptors (Lipinski definition) is 4. The Morgan fingerprint density at radius 2 is 0.769 bits per heavy atom. The molecule has 0 amide bonds. The van der Waals surface area contributed by atoms with E-state index in [-0.39, 0.29) is 10.5 Å². The highest BCUT2D eigenvalue weighted by atomic mass is 32.2. The lowest BCUT2D eigenvalue weighted by Gasteiger charge is -2.07. The summed E-state index contributed by atoms with van der Waals surface area (Å²) in [6.07, 6.45) is 0. The van der Waals surface area contributed by atoms with Crippen LogP contribution in [0.2, 0.25) is 0 Å². The highest BCUT2D eigenvalue weighted by molar-refractivity contribution is 7.92. The van der Waals surface area contributed by atoms with Gasteiger partial charge in [0.25, 0.3) is 0 Å². The van der Waals surface area contributed by atoms with Crippen molar-refractivity contribution in [1.82, 2.24) is 0 Å². The highest BCUT2D eigenvalue weighted by Gasteiger charge is 2.18. The molecule has 0 fully saturated rings. The first-order valence-electron chi connectivity index (χ1n) is 8.50. The normalized spacial score (nSPS) is 12.0. The van der Waals surface area contributed by atoms with Gasteiger partial charge in [0.2, 0.25) is 0 Å². The van der Waals surface area contributed by atoms with E-state index in [1.165, 1.54) is 0 Å². The molecule has 0 aliphatic rings. The van der Waals surface area contributed by atoms with E-state index in [4.69, 9.17) is 0 Å². The van der Waals surface area contributed by atoms with E-state index in [0.717, 1.165) is 11.1 Å². The molecule has 0 bridgehead atoms. The van der Waals surface area contributed by atoms with E-state index in [1.54, 1.807) is 52.0 Å². The monoisotopic (exact) mass is 396 g/mol. The SMILES string of the molecule is Cc1ccc(S(=O)(=O)C(C)C)cc1.Cc1ccc(S(=O)(=O)C(C)C)cc1. The Balaban J connectivity index is 0.000000260. The van der Waals surface area contributed by atoms with E-state index in [2.05, 4.69) is 0 Å².